The molecule has 3 rings (SSSR count). The van der Waals surface area contributed by atoms with Crippen LogP contribution in [0.15, 0.2) is 26.7 Å². The van der Waals surface area contributed by atoms with Gasteiger partial charge in [-0.3, -0.25) is 4.79 Å². The molecular formula is C11H9N7O4. The van der Waals surface area contributed by atoms with Crippen LogP contribution >= 0.6 is 0 Å². The van der Waals surface area contributed by atoms with E-state index in [0.717, 1.165) is 4.57 Å². The van der Waals surface area contributed by atoms with E-state index >= 15 is 0 Å². The lowest BCUT2D eigenvalue weighted by Crippen LogP contribution is -2.27. The smallest absolute Gasteiger partial charge is 0.425 e. The molecule has 1 aliphatic heterocycles. The Balaban J connectivity index is 1.91. The van der Waals surface area contributed by atoms with Crippen molar-refractivity contribution in [3.05, 3.63) is 39.1 Å². The van der Waals surface area contributed by atoms with Crippen LogP contribution in [0.5, 0.6) is 5.88 Å². The van der Waals surface area contributed by atoms with E-state index in [2.05, 4.69) is 25.3 Å². The van der Waals surface area contributed by atoms with Crippen molar-refractivity contribution in [3.8, 4) is 11.7 Å². The average Bonchev–Trinajstić information content (AvgIpc) is 2.87. The number of fused-ring (bicyclic) bond motifs is 1. The molecule has 0 bridgehead atoms. The molecule has 11 nitrogen and oxygen atoms in total. The van der Waals surface area contributed by atoms with E-state index in [4.69, 9.17) is 14.7 Å². The summed E-state index contributed by atoms with van der Waals surface area (Å²) in [6.45, 7) is 0.0411. The van der Waals surface area contributed by atoms with E-state index in [9.17, 15) is 9.59 Å². The summed E-state index contributed by atoms with van der Waals surface area (Å²) in [6.07, 6.45) is 3.03. The van der Waals surface area contributed by atoms with Gasteiger partial charge in [0.2, 0.25) is 0 Å². The molecule has 0 saturated heterocycles. The molecule has 1 aliphatic rings. The number of nitrogens with zero attached hydrogens (tertiary/aromatic N) is 6. The third kappa shape index (κ3) is 2.60. The number of rotatable bonds is 4. The van der Waals surface area contributed by atoms with E-state index in [0.29, 0.717) is 5.76 Å². The van der Waals surface area contributed by atoms with Crippen molar-refractivity contribution in [2.45, 2.75) is 6.42 Å². The summed E-state index contributed by atoms with van der Waals surface area (Å²) in [7, 11) is 0. The van der Waals surface area contributed by atoms with Crippen LogP contribution in [0, 0.1) is 0 Å². The number of ether oxygens (including phenoxy) is 1. The van der Waals surface area contributed by atoms with Crippen LogP contribution in [0.25, 0.3) is 16.3 Å². The number of azide groups is 1. The molecule has 0 aliphatic carbocycles. The van der Waals surface area contributed by atoms with Gasteiger partial charge in [0, 0.05) is 17.9 Å². The van der Waals surface area contributed by atoms with Crippen LogP contribution < -0.4 is 15.8 Å². The molecule has 22 heavy (non-hydrogen) atoms. The van der Waals surface area contributed by atoms with Crippen molar-refractivity contribution in [1.29, 1.82) is 0 Å². The predicted molar refractivity (Wildman–Crippen MR) is 71.7 cm³/mol. The molecule has 0 spiro atoms. The summed E-state index contributed by atoms with van der Waals surface area (Å²) >= 11 is 0. The van der Waals surface area contributed by atoms with Gasteiger partial charge in [-0.05, 0) is 5.53 Å². The van der Waals surface area contributed by atoms with Gasteiger partial charge < -0.3 is 14.5 Å². The van der Waals surface area contributed by atoms with Crippen LogP contribution in [0.2, 0.25) is 0 Å². The van der Waals surface area contributed by atoms with Gasteiger partial charge in [-0.1, -0.05) is 5.11 Å². The third-order valence-corrected chi connectivity index (χ3v) is 2.78. The van der Waals surface area contributed by atoms with Gasteiger partial charge in [0.15, 0.2) is 18.2 Å². The monoisotopic (exact) mass is 303 g/mol. The molecule has 3 heterocycles. The minimum Gasteiger partial charge on any atom is -0.465 e. The second kappa shape index (κ2) is 5.58. The lowest BCUT2D eigenvalue weighted by molar-refractivity contribution is -0.118. The molecule has 2 aromatic heterocycles. The Kier molecular flexibility index (Phi) is 3.46. The Hall–Kier alpha value is -3.33. The lowest BCUT2D eigenvalue weighted by atomic mass is 10.3. The Morgan fingerprint density at radius 1 is 1.50 bits per heavy atom. The predicted octanol–water partition coefficient (Wildman–Crippen LogP) is 0.404. The minimum atomic E-state index is -0.659. The molecule has 1 N–H and O–H groups in total. The van der Waals surface area contributed by atoms with Crippen LogP contribution in [0.4, 0.5) is 5.82 Å². The summed E-state index contributed by atoms with van der Waals surface area (Å²) in [4.78, 5) is 33.8. The molecule has 0 atom stereocenters. The molecule has 11 heteroatoms. The molecule has 0 saturated carbocycles. The number of carbonyl (C=O) groups is 1. The van der Waals surface area contributed by atoms with Gasteiger partial charge in [0.25, 0.3) is 11.8 Å². The first-order valence-electron chi connectivity index (χ1n) is 6.19. The molecule has 0 fully saturated rings. The Labute approximate surface area is 122 Å². The Morgan fingerprint density at radius 2 is 2.36 bits per heavy atom. The number of nitrogens with one attached hydrogen (secondary N) is 1. The summed E-state index contributed by atoms with van der Waals surface area (Å²) in [6, 6.07) is 0. The number of hydrogen-bond donors (Lipinski definition) is 1. The van der Waals surface area contributed by atoms with Gasteiger partial charge in [0.05, 0.1) is 12.4 Å². The van der Waals surface area contributed by atoms with Crippen LogP contribution in [-0.4, -0.2) is 33.6 Å². The second-order valence-electron chi connectivity index (χ2n) is 4.26. The zero-order chi connectivity index (χ0) is 15.5. The van der Waals surface area contributed by atoms with E-state index in [1.807, 2.05) is 0 Å². The Morgan fingerprint density at radius 3 is 3.18 bits per heavy atom. The number of hydrogen-bond acceptors (Lipinski definition) is 7. The van der Waals surface area contributed by atoms with Gasteiger partial charge in [-0.15, -0.1) is 0 Å². The molecule has 112 valence electrons. The Bertz CT molecular complexity index is 833. The molecule has 0 aromatic carbocycles. The number of carbonyl (C=O) groups excluding carboxylic acids is 1. The molecular weight excluding hydrogens is 294 g/mol. The van der Waals surface area contributed by atoms with Crippen LogP contribution in [-0.2, 0) is 11.2 Å². The third-order valence-electron chi connectivity index (χ3n) is 2.78. The highest BCUT2D eigenvalue weighted by atomic mass is 16.5. The number of aromatic nitrogens is 3. The first kappa shape index (κ1) is 13.6. The van der Waals surface area contributed by atoms with Gasteiger partial charge >= 0.3 is 5.76 Å². The number of oxazole rings is 1. The molecule has 2 aromatic rings. The zero-order valence-corrected chi connectivity index (χ0v) is 11.1. The maximum Gasteiger partial charge on any atom is 0.425 e. The van der Waals surface area contributed by atoms with E-state index < -0.39 is 5.76 Å². The van der Waals surface area contributed by atoms with Crippen molar-refractivity contribution in [3.63, 3.8) is 0 Å². The molecule has 0 radical (unpaired) electrons. The van der Waals surface area contributed by atoms with Gasteiger partial charge in [0.1, 0.15) is 5.76 Å². The van der Waals surface area contributed by atoms with Crippen molar-refractivity contribution in [2.75, 3.05) is 18.5 Å². The van der Waals surface area contributed by atoms with E-state index in [-0.39, 0.29) is 43.0 Å². The minimum absolute atomic E-state index is 0.129. The van der Waals surface area contributed by atoms with Crippen molar-refractivity contribution >= 4 is 11.7 Å². The SMILES string of the molecule is [N-]=[N+]=NCCc1cn(-c2cnc3c(n2)NC(=O)CO3)c(=O)o1. The zero-order valence-electron chi connectivity index (χ0n) is 11.1. The van der Waals surface area contributed by atoms with Crippen LogP contribution in [0.3, 0.4) is 0 Å². The first-order chi connectivity index (χ1) is 10.7. The standard InChI is InChI=1S/C11H9N7O4/c12-17-14-2-1-6-4-18(11(20)22-6)7-3-13-10-9(15-7)16-8(19)5-21-10/h3-4H,1-2,5H2,(H,15,16,19). The highest BCUT2D eigenvalue weighted by molar-refractivity contribution is 5.93. The van der Waals surface area contributed by atoms with Crippen molar-refractivity contribution in [1.82, 2.24) is 14.5 Å². The largest absolute Gasteiger partial charge is 0.465 e. The maximum atomic E-state index is 11.8. The first-order valence-corrected chi connectivity index (χ1v) is 6.19. The van der Waals surface area contributed by atoms with Crippen molar-refractivity contribution < 1.29 is 13.9 Å². The number of anilines is 1. The van der Waals surface area contributed by atoms with E-state index in [1.54, 1.807) is 0 Å². The fourth-order valence-electron chi connectivity index (χ4n) is 1.84. The molecule has 0 unspecified atom stereocenters. The maximum absolute atomic E-state index is 11.8. The topological polar surface area (TPSA) is 148 Å². The highest BCUT2D eigenvalue weighted by Crippen LogP contribution is 2.23. The second-order valence-corrected chi connectivity index (χ2v) is 4.26. The number of amides is 1. The van der Waals surface area contributed by atoms with Gasteiger partial charge in [-0.2, -0.15) is 0 Å². The van der Waals surface area contributed by atoms with Crippen molar-refractivity contribution in [2.24, 2.45) is 5.11 Å². The van der Waals surface area contributed by atoms with E-state index in [1.165, 1.54) is 12.4 Å². The van der Waals surface area contributed by atoms with Gasteiger partial charge in [-0.25, -0.2) is 19.3 Å². The van der Waals surface area contributed by atoms with Crippen LogP contribution in [0.1, 0.15) is 5.76 Å². The lowest BCUT2D eigenvalue weighted by Gasteiger charge is -2.15. The highest BCUT2D eigenvalue weighted by Gasteiger charge is 2.20. The summed E-state index contributed by atoms with van der Waals surface area (Å²) in [5, 5.41) is 5.86. The summed E-state index contributed by atoms with van der Waals surface area (Å²) < 4.78 is 11.2. The average molecular weight is 303 g/mol. The fourth-order valence-corrected chi connectivity index (χ4v) is 1.84. The fraction of sp³-hybridized carbons (Fsp3) is 0.273. The normalized spacial score (nSPS) is 12.8. The summed E-state index contributed by atoms with van der Waals surface area (Å²) in [5.41, 5.74) is 8.21. The quantitative estimate of drug-likeness (QED) is 0.491. The molecule has 1 amide bonds. The summed E-state index contributed by atoms with van der Waals surface area (Å²) in [5.74, 6) is -0.173.